The second-order valence-corrected chi connectivity index (χ2v) is 10.1. The number of allylic oxidation sites excluding steroid dienone is 1. The standard InChI is InChI=1S/C30H31N3O5/c1-32(22-11-3-2-4-12-22)27(34)19-38-30(35)28-24-14-5-6-16-26(24)31-29-21(10-8-15-25(28)29)17-20-9-7-13-23(18-20)33(36)37/h5-7,9,13-14,16-18,22H,2-4,8,10-12,15,19H2,1H3/b21-17+. The number of nitro groups is 1. The van der Waals surface area contributed by atoms with E-state index in [1.807, 2.05) is 36.4 Å². The molecule has 1 saturated carbocycles. The lowest BCUT2D eigenvalue weighted by Crippen LogP contribution is -2.40. The molecule has 8 nitrogen and oxygen atoms in total. The average Bonchev–Trinajstić information content (AvgIpc) is 2.95. The summed E-state index contributed by atoms with van der Waals surface area (Å²) < 4.78 is 5.62. The summed E-state index contributed by atoms with van der Waals surface area (Å²) in [5.74, 6) is -0.717. The number of hydrogen-bond acceptors (Lipinski definition) is 6. The van der Waals surface area contributed by atoms with Crippen LogP contribution in [0.3, 0.4) is 0 Å². The highest BCUT2D eigenvalue weighted by molar-refractivity contribution is 6.07. The Morgan fingerprint density at radius 3 is 2.66 bits per heavy atom. The Labute approximate surface area is 221 Å². The first kappa shape index (κ1) is 25.6. The zero-order valence-electron chi connectivity index (χ0n) is 21.5. The molecule has 0 saturated heterocycles. The van der Waals surface area contributed by atoms with Gasteiger partial charge in [-0.3, -0.25) is 14.9 Å². The molecule has 1 heterocycles. The molecule has 0 N–H and O–H groups in total. The van der Waals surface area contributed by atoms with Crippen molar-refractivity contribution in [3.05, 3.63) is 81.0 Å². The molecular formula is C30H31N3O5. The van der Waals surface area contributed by atoms with Gasteiger partial charge in [-0.25, -0.2) is 9.78 Å². The van der Waals surface area contributed by atoms with Crippen LogP contribution < -0.4 is 0 Å². The van der Waals surface area contributed by atoms with Crippen LogP contribution in [0, 0.1) is 10.1 Å². The zero-order valence-corrected chi connectivity index (χ0v) is 21.5. The summed E-state index contributed by atoms with van der Waals surface area (Å²) >= 11 is 0. The lowest BCUT2D eigenvalue weighted by molar-refractivity contribution is -0.384. The van der Waals surface area contributed by atoms with Gasteiger partial charge >= 0.3 is 5.97 Å². The fraction of sp³-hybridized carbons (Fsp3) is 0.367. The maximum Gasteiger partial charge on any atom is 0.339 e. The molecule has 38 heavy (non-hydrogen) atoms. The Kier molecular flexibility index (Phi) is 7.49. The Bertz CT molecular complexity index is 1420. The average molecular weight is 514 g/mol. The second-order valence-electron chi connectivity index (χ2n) is 10.1. The van der Waals surface area contributed by atoms with Gasteiger partial charge in [-0.2, -0.15) is 0 Å². The van der Waals surface area contributed by atoms with Gasteiger partial charge in [-0.05, 0) is 60.9 Å². The molecule has 5 rings (SSSR count). The maximum atomic E-state index is 13.5. The molecule has 8 heteroatoms. The molecule has 1 fully saturated rings. The van der Waals surface area contributed by atoms with Crippen LogP contribution in [-0.4, -0.2) is 46.4 Å². The van der Waals surface area contributed by atoms with E-state index in [2.05, 4.69) is 0 Å². The van der Waals surface area contributed by atoms with Crippen LogP contribution in [0.4, 0.5) is 5.69 Å². The molecule has 0 aliphatic heterocycles. The van der Waals surface area contributed by atoms with E-state index in [1.165, 1.54) is 18.6 Å². The number of nitro benzene ring substituents is 1. The van der Waals surface area contributed by atoms with E-state index in [4.69, 9.17) is 9.72 Å². The Morgan fingerprint density at radius 1 is 1.08 bits per heavy atom. The van der Waals surface area contributed by atoms with Crippen molar-refractivity contribution in [3.63, 3.8) is 0 Å². The molecule has 0 unspecified atom stereocenters. The minimum atomic E-state index is -0.526. The van der Waals surface area contributed by atoms with Crippen molar-refractivity contribution in [1.82, 2.24) is 9.88 Å². The largest absolute Gasteiger partial charge is 0.452 e. The fourth-order valence-corrected chi connectivity index (χ4v) is 5.61. The number of esters is 1. The van der Waals surface area contributed by atoms with Gasteiger partial charge in [0.25, 0.3) is 11.6 Å². The molecule has 0 radical (unpaired) electrons. The highest BCUT2D eigenvalue weighted by Gasteiger charge is 2.28. The van der Waals surface area contributed by atoms with E-state index in [9.17, 15) is 19.7 Å². The Morgan fingerprint density at radius 2 is 1.87 bits per heavy atom. The molecule has 3 aromatic rings. The van der Waals surface area contributed by atoms with Crippen LogP contribution in [0.15, 0.2) is 48.5 Å². The van der Waals surface area contributed by atoms with Gasteiger partial charge in [0.05, 0.1) is 21.7 Å². The predicted octanol–water partition coefficient (Wildman–Crippen LogP) is 5.97. The van der Waals surface area contributed by atoms with Crippen LogP contribution in [0.2, 0.25) is 0 Å². The van der Waals surface area contributed by atoms with Gasteiger partial charge in [0, 0.05) is 30.6 Å². The quantitative estimate of drug-likeness (QED) is 0.229. The molecule has 0 bridgehead atoms. The van der Waals surface area contributed by atoms with E-state index in [0.717, 1.165) is 49.7 Å². The molecule has 196 valence electrons. The van der Waals surface area contributed by atoms with E-state index >= 15 is 0 Å². The lowest BCUT2D eigenvalue weighted by Gasteiger charge is -2.31. The van der Waals surface area contributed by atoms with Crippen LogP contribution in [0.25, 0.3) is 22.6 Å². The van der Waals surface area contributed by atoms with Crippen molar-refractivity contribution >= 4 is 40.1 Å². The van der Waals surface area contributed by atoms with Crippen LogP contribution in [-0.2, 0) is 16.0 Å². The lowest BCUT2D eigenvalue weighted by atomic mass is 9.86. The molecule has 2 aliphatic carbocycles. The van der Waals surface area contributed by atoms with Gasteiger partial charge in [-0.15, -0.1) is 0 Å². The minimum Gasteiger partial charge on any atom is -0.452 e. The van der Waals surface area contributed by atoms with Gasteiger partial charge in [-0.1, -0.05) is 49.6 Å². The monoisotopic (exact) mass is 513 g/mol. The molecule has 0 atom stereocenters. The van der Waals surface area contributed by atoms with E-state index < -0.39 is 10.9 Å². The van der Waals surface area contributed by atoms with Gasteiger partial charge in [0.15, 0.2) is 6.61 Å². The smallest absolute Gasteiger partial charge is 0.339 e. The van der Waals surface area contributed by atoms with Gasteiger partial charge in [0.1, 0.15) is 0 Å². The van der Waals surface area contributed by atoms with Crippen LogP contribution >= 0.6 is 0 Å². The van der Waals surface area contributed by atoms with Crippen molar-refractivity contribution in [2.75, 3.05) is 13.7 Å². The van der Waals surface area contributed by atoms with Crippen molar-refractivity contribution in [3.8, 4) is 0 Å². The summed E-state index contributed by atoms with van der Waals surface area (Å²) in [6.07, 6.45) is 9.50. The van der Waals surface area contributed by atoms with Crippen molar-refractivity contribution in [2.45, 2.75) is 57.4 Å². The van der Waals surface area contributed by atoms with E-state index in [0.29, 0.717) is 34.1 Å². The summed E-state index contributed by atoms with van der Waals surface area (Å²) in [5, 5.41) is 11.9. The van der Waals surface area contributed by atoms with Gasteiger partial charge in [0.2, 0.25) is 0 Å². The number of likely N-dealkylation sites (N-methyl/N-ethyl adjacent to an activating group) is 1. The number of fused-ring (bicyclic) bond motifs is 2. The molecule has 1 amide bonds. The number of nitrogens with zero attached hydrogens (tertiary/aromatic N) is 3. The Hall–Kier alpha value is -4.07. The molecule has 0 spiro atoms. The number of benzene rings is 2. The number of hydrogen-bond donors (Lipinski definition) is 0. The summed E-state index contributed by atoms with van der Waals surface area (Å²) in [7, 11) is 1.79. The van der Waals surface area contributed by atoms with Crippen LogP contribution in [0.5, 0.6) is 0 Å². The SMILES string of the molecule is CN(C(=O)COC(=O)c1c2c(nc3ccccc13)/C(=C/c1cccc([N+](=O)[O-])c1)CCC2)C1CCCCC1. The number of ether oxygens (including phenoxy) is 1. The maximum absolute atomic E-state index is 13.5. The highest BCUT2D eigenvalue weighted by atomic mass is 16.6. The number of amides is 1. The summed E-state index contributed by atoms with van der Waals surface area (Å²) in [6, 6.07) is 14.1. The third-order valence-corrected chi connectivity index (χ3v) is 7.64. The van der Waals surface area contributed by atoms with Crippen molar-refractivity contribution in [1.29, 1.82) is 0 Å². The number of carbonyl (C=O) groups is 2. The minimum absolute atomic E-state index is 0.0222. The topological polar surface area (TPSA) is 103 Å². The first-order valence-corrected chi connectivity index (χ1v) is 13.2. The predicted molar refractivity (Wildman–Crippen MR) is 146 cm³/mol. The number of pyridine rings is 1. The van der Waals surface area contributed by atoms with Crippen LogP contribution in [0.1, 0.15) is 72.1 Å². The highest BCUT2D eigenvalue weighted by Crippen LogP contribution is 2.36. The first-order chi connectivity index (χ1) is 18.4. The number of aromatic nitrogens is 1. The molecule has 1 aromatic heterocycles. The summed E-state index contributed by atoms with van der Waals surface area (Å²) in [4.78, 5) is 43.8. The normalized spacial score (nSPS) is 16.7. The number of rotatable bonds is 6. The van der Waals surface area contributed by atoms with Gasteiger partial charge < -0.3 is 9.64 Å². The van der Waals surface area contributed by atoms with E-state index in [1.54, 1.807) is 18.0 Å². The third kappa shape index (κ3) is 5.30. The summed E-state index contributed by atoms with van der Waals surface area (Å²) in [5.41, 5.74) is 4.26. The fourth-order valence-electron chi connectivity index (χ4n) is 5.61. The summed E-state index contributed by atoms with van der Waals surface area (Å²) in [6.45, 7) is -0.298. The molecular weight excluding hydrogens is 482 g/mol. The number of non-ortho nitro benzene ring substituents is 1. The molecule has 2 aliphatic rings. The van der Waals surface area contributed by atoms with Crippen molar-refractivity contribution in [2.24, 2.45) is 0 Å². The number of para-hydroxylation sites is 1. The van der Waals surface area contributed by atoms with Crippen molar-refractivity contribution < 1.29 is 19.2 Å². The number of carbonyl (C=O) groups excluding carboxylic acids is 2. The third-order valence-electron chi connectivity index (χ3n) is 7.64. The van der Waals surface area contributed by atoms with E-state index in [-0.39, 0.29) is 24.2 Å². The molecule has 2 aromatic carbocycles. The Balaban J connectivity index is 1.46. The first-order valence-electron chi connectivity index (χ1n) is 13.2. The zero-order chi connectivity index (χ0) is 26.6. The second kappa shape index (κ2) is 11.1.